The molecule has 0 aliphatic carbocycles. The molecule has 2 rings (SSSR count). The number of hydrogen-bond acceptors (Lipinski definition) is 4. The Kier molecular flexibility index (Phi) is 6.77. The molecule has 0 aliphatic heterocycles. The Hall–Kier alpha value is -1.90. The van der Waals surface area contributed by atoms with Crippen molar-refractivity contribution in [1.82, 2.24) is 10.0 Å². The van der Waals surface area contributed by atoms with Gasteiger partial charge in [0.15, 0.2) is 5.96 Å². The molecule has 0 radical (unpaired) electrons. The molecule has 0 atom stereocenters. The maximum absolute atomic E-state index is 11.5. The summed E-state index contributed by atoms with van der Waals surface area (Å²) in [5.74, 6) is 0.382. The van der Waals surface area contributed by atoms with Crippen molar-refractivity contribution in [1.29, 1.82) is 0 Å². The molecule has 0 spiro atoms. The van der Waals surface area contributed by atoms with Gasteiger partial charge in [-0.1, -0.05) is 30.3 Å². The minimum atomic E-state index is -3.25. The van der Waals surface area contributed by atoms with Crippen molar-refractivity contribution in [3.8, 4) is 0 Å². The van der Waals surface area contributed by atoms with Gasteiger partial charge in [0.05, 0.1) is 12.3 Å². The van der Waals surface area contributed by atoms with Gasteiger partial charge in [-0.3, -0.25) is 0 Å². The average molecular weight is 367 g/mol. The molecule has 8 heteroatoms. The Bertz CT molecular complexity index is 754. The van der Waals surface area contributed by atoms with Crippen LogP contribution in [-0.2, 0) is 28.7 Å². The number of thiophene rings is 1. The van der Waals surface area contributed by atoms with Crippen LogP contribution in [0.2, 0.25) is 0 Å². The molecule has 0 bridgehead atoms. The van der Waals surface area contributed by atoms with Gasteiger partial charge in [0.1, 0.15) is 0 Å². The Morgan fingerprint density at radius 1 is 1.21 bits per heavy atom. The predicted octanol–water partition coefficient (Wildman–Crippen LogP) is 1.44. The molecule has 0 saturated carbocycles. The summed E-state index contributed by atoms with van der Waals surface area (Å²) in [6.07, 6.45) is 0.919. The third kappa shape index (κ3) is 6.31. The predicted molar refractivity (Wildman–Crippen MR) is 99.5 cm³/mol. The summed E-state index contributed by atoms with van der Waals surface area (Å²) in [6.45, 7) is 1.20. The molecule has 130 valence electrons. The van der Waals surface area contributed by atoms with E-state index < -0.39 is 10.0 Å². The van der Waals surface area contributed by atoms with Crippen LogP contribution in [0.1, 0.15) is 16.0 Å². The standard InChI is InChI=1S/C16H22N4O2S2/c1-18-24(21,22)12-14-6-4-13(5-7-14)11-20-16(17)19-9-8-15-3-2-10-23-15/h2-7,10,18H,8-9,11-12H2,1H3,(H3,17,19,20). The highest BCUT2D eigenvalue weighted by Crippen LogP contribution is 2.09. The van der Waals surface area contributed by atoms with Gasteiger partial charge >= 0.3 is 0 Å². The van der Waals surface area contributed by atoms with Crippen molar-refractivity contribution in [3.05, 3.63) is 57.8 Å². The quantitative estimate of drug-likeness (QED) is 0.486. The van der Waals surface area contributed by atoms with Crippen molar-refractivity contribution in [2.45, 2.75) is 18.7 Å². The molecule has 6 nitrogen and oxygen atoms in total. The van der Waals surface area contributed by atoms with Gasteiger partial charge in [-0.25, -0.2) is 18.1 Å². The molecule has 24 heavy (non-hydrogen) atoms. The van der Waals surface area contributed by atoms with Gasteiger partial charge in [-0.15, -0.1) is 11.3 Å². The van der Waals surface area contributed by atoms with E-state index in [0.717, 1.165) is 24.1 Å². The second kappa shape index (κ2) is 8.81. The molecule has 0 aliphatic rings. The summed E-state index contributed by atoms with van der Waals surface area (Å²) in [5, 5.41) is 5.14. The molecule has 0 unspecified atom stereocenters. The smallest absolute Gasteiger partial charge is 0.215 e. The van der Waals surface area contributed by atoms with Crippen molar-refractivity contribution in [2.24, 2.45) is 10.7 Å². The second-order valence-corrected chi connectivity index (χ2v) is 8.20. The van der Waals surface area contributed by atoms with Gasteiger partial charge < -0.3 is 11.1 Å². The van der Waals surface area contributed by atoms with Crippen molar-refractivity contribution < 1.29 is 8.42 Å². The van der Waals surface area contributed by atoms with Crippen LogP contribution in [0.5, 0.6) is 0 Å². The number of nitrogens with two attached hydrogens (primary N) is 1. The number of benzene rings is 1. The lowest BCUT2D eigenvalue weighted by molar-refractivity contribution is 0.587. The monoisotopic (exact) mass is 366 g/mol. The van der Waals surface area contributed by atoms with E-state index in [4.69, 9.17) is 5.73 Å². The zero-order valence-electron chi connectivity index (χ0n) is 13.5. The van der Waals surface area contributed by atoms with Crippen LogP contribution in [0.3, 0.4) is 0 Å². The lowest BCUT2D eigenvalue weighted by atomic mass is 10.1. The van der Waals surface area contributed by atoms with Crippen LogP contribution in [0.15, 0.2) is 46.8 Å². The molecule has 0 saturated heterocycles. The highest BCUT2D eigenvalue weighted by atomic mass is 32.2. The van der Waals surface area contributed by atoms with E-state index >= 15 is 0 Å². The minimum Gasteiger partial charge on any atom is -0.370 e. The van der Waals surface area contributed by atoms with E-state index in [1.54, 1.807) is 23.5 Å². The van der Waals surface area contributed by atoms with E-state index in [-0.39, 0.29) is 5.75 Å². The van der Waals surface area contributed by atoms with E-state index in [0.29, 0.717) is 12.5 Å². The number of hydrogen-bond donors (Lipinski definition) is 3. The summed E-state index contributed by atoms with van der Waals surface area (Å²) in [5.41, 5.74) is 7.56. The van der Waals surface area contributed by atoms with Gasteiger partial charge in [0, 0.05) is 11.4 Å². The lowest BCUT2D eigenvalue weighted by Crippen LogP contribution is -2.33. The second-order valence-electron chi connectivity index (χ2n) is 5.24. The zero-order chi connectivity index (χ0) is 17.4. The topological polar surface area (TPSA) is 96.6 Å². The fourth-order valence-corrected chi connectivity index (χ4v) is 3.52. The first kappa shape index (κ1) is 18.4. The SMILES string of the molecule is CNS(=O)(=O)Cc1ccc(CN=C(N)NCCc2cccs2)cc1. The fourth-order valence-electron chi connectivity index (χ4n) is 2.03. The van der Waals surface area contributed by atoms with Crippen LogP contribution >= 0.6 is 11.3 Å². The van der Waals surface area contributed by atoms with E-state index in [9.17, 15) is 8.42 Å². The van der Waals surface area contributed by atoms with Crippen LogP contribution in [0, 0.1) is 0 Å². The Labute approximate surface area is 146 Å². The first-order valence-electron chi connectivity index (χ1n) is 7.54. The van der Waals surface area contributed by atoms with Crippen LogP contribution in [0.4, 0.5) is 0 Å². The van der Waals surface area contributed by atoms with Crippen molar-refractivity contribution in [2.75, 3.05) is 13.6 Å². The highest BCUT2D eigenvalue weighted by molar-refractivity contribution is 7.88. The summed E-state index contributed by atoms with van der Waals surface area (Å²) >= 11 is 1.72. The number of nitrogens with one attached hydrogen (secondary N) is 2. The summed E-state index contributed by atoms with van der Waals surface area (Å²) in [4.78, 5) is 5.60. The Morgan fingerprint density at radius 3 is 2.54 bits per heavy atom. The number of aliphatic imine (C=N–C) groups is 1. The summed E-state index contributed by atoms with van der Waals surface area (Å²) < 4.78 is 25.3. The Morgan fingerprint density at radius 2 is 1.92 bits per heavy atom. The molecule has 0 amide bonds. The third-order valence-electron chi connectivity index (χ3n) is 3.38. The van der Waals surface area contributed by atoms with Crippen LogP contribution < -0.4 is 15.8 Å². The van der Waals surface area contributed by atoms with Gasteiger partial charge in [0.25, 0.3) is 0 Å². The molecule has 0 fully saturated rings. The van der Waals surface area contributed by atoms with Crippen LogP contribution in [-0.4, -0.2) is 28.0 Å². The van der Waals surface area contributed by atoms with Gasteiger partial charge in [-0.05, 0) is 36.0 Å². The lowest BCUT2D eigenvalue weighted by Gasteiger charge is -2.06. The van der Waals surface area contributed by atoms with Crippen molar-refractivity contribution in [3.63, 3.8) is 0 Å². The fraction of sp³-hybridized carbons (Fsp3) is 0.312. The first-order chi connectivity index (χ1) is 11.5. The third-order valence-corrected chi connectivity index (χ3v) is 5.65. The molecule has 4 N–H and O–H groups in total. The molecular weight excluding hydrogens is 344 g/mol. The number of guanidine groups is 1. The molecule has 1 aromatic carbocycles. The maximum Gasteiger partial charge on any atom is 0.215 e. The van der Waals surface area contributed by atoms with Crippen LogP contribution in [0.25, 0.3) is 0 Å². The number of nitrogens with zero attached hydrogens (tertiary/aromatic N) is 1. The summed E-state index contributed by atoms with van der Waals surface area (Å²) in [6, 6.07) is 11.4. The Balaban J connectivity index is 1.80. The first-order valence-corrected chi connectivity index (χ1v) is 10.1. The zero-order valence-corrected chi connectivity index (χ0v) is 15.2. The molecular formula is C16H22N4O2S2. The molecule has 2 aromatic rings. The van der Waals surface area contributed by atoms with E-state index in [1.165, 1.54) is 11.9 Å². The van der Waals surface area contributed by atoms with Gasteiger partial charge in [0.2, 0.25) is 10.0 Å². The average Bonchev–Trinajstić information content (AvgIpc) is 3.07. The van der Waals surface area contributed by atoms with Gasteiger partial charge in [-0.2, -0.15) is 0 Å². The largest absolute Gasteiger partial charge is 0.370 e. The van der Waals surface area contributed by atoms with E-state index in [2.05, 4.69) is 26.5 Å². The summed E-state index contributed by atoms with van der Waals surface area (Å²) in [7, 11) is -1.84. The maximum atomic E-state index is 11.5. The molecule has 1 heterocycles. The number of rotatable bonds is 8. The number of sulfonamides is 1. The normalized spacial score (nSPS) is 12.3. The minimum absolute atomic E-state index is 0.0283. The highest BCUT2D eigenvalue weighted by Gasteiger charge is 2.08. The molecule has 1 aromatic heterocycles. The van der Waals surface area contributed by atoms with Crippen molar-refractivity contribution >= 4 is 27.3 Å². The van der Waals surface area contributed by atoms with E-state index in [1.807, 2.05) is 18.2 Å².